The summed E-state index contributed by atoms with van der Waals surface area (Å²) < 4.78 is 20.0. The van der Waals surface area contributed by atoms with Crippen LogP contribution in [0.3, 0.4) is 0 Å². The molecule has 2 atom stereocenters. The van der Waals surface area contributed by atoms with E-state index in [1.807, 2.05) is 31.7 Å². The summed E-state index contributed by atoms with van der Waals surface area (Å²) in [6.07, 6.45) is -0.320. The Kier molecular flexibility index (Phi) is 4.32. The maximum Gasteiger partial charge on any atom is 0.146 e. The van der Waals surface area contributed by atoms with Crippen LogP contribution >= 0.6 is 0 Å². The minimum atomic E-state index is -0.441. The standard InChI is InChI=1S/C15H23FN2O2/c1-10(17)12-5-4-6-13(16)14(12)18-7-11(8-19)20-15(2,3)9-18/h4-6,10-11,19H,7-9,17H2,1-3H3. The van der Waals surface area contributed by atoms with E-state index in [2.05, 4.69) is 0 Å². The van der Waals surface area contributed by atoms with Crippen LogP contribution in [0.5, 0.6) is 0 Å². The van der Waals surface area contributed by atoms with Crippen LogP contribution in [0.2, 0.25) is 0 Å². The molecule has 1 heterocycles. The molecule has 2 unspecified atom stereocenters. The van der Waals surface area contributed by atoms with Crippen molar-refractivity contribution >= 4 is 5.69 Å². The van der Waals surface area contributed by atoms with Crippen LogP contribution in [-0.4, -0.2) is 36.5 Å². The van der Waals surface area contributed by atoms with E-state index in [1.165, 1.54) is 6.07 Å². The van der Waals surface area contributed by atoms with E-state index < -0.39 is 5.60 Å². The number of halogens is 1. The molecule has 112 valence electrons. The average Bonchev–Trinajstić information content (AvgIpc) is 2.36. The molecule has 5 heteroatoms. The predicted octanol–water partition coefficient (Wildman–Crippen LogP) is 1.82. The highest BCUT2D eigenvalue weighted by molar-refractivity contribution is 5.56. The molecule has 1 aliphatic rings. The fourth-order valence-corrected chi connectivity index (χ4v) is 2.79. The molecule has 0 amide bonds. The number of nitrogens with two attached hydrogens (primary N) is 1. The maximum absolute atomic E-state index is 14.3. The Balaban J connectivity index is 2.40. The summed E-state index contributed by atoms with van der Waals surface area (Å²) in [4.78, 5) is 1.93. The van der Waals surface area contributed by atoms with Crippen molar-refractivity contribution in [2.24, 2.45) is 5.73 Å². The molecule has 1 aromatic rings. The highest BCUT2D eigenvalue weighted by Crippen LogP contribution is 2.33. The summed E-state index contributed by atoms with van der Waals surface area (Å²) in [5.74, 6) is -0.283. The molecule has 1 saturated heterocycles. The first-order valence-electron chi connectivity index (χ1n) is 6.91. The molecule has 0 spiro atoms. The SMILES string of the molecule is CC(N)c1cccc(F)c1N1CC(CO)OC(C)(C)C1. The lowest BCUT2D eigenvalue weighted by Crippen LogP contribution is -2.54. The number of hydrogen-bond acceptors (Lipinski definition) is 4. The van der Waals surface area contributed by atoms with Crippen molar-refractivity contribution in [2.75, 3.05) is 24.6 Å². The van der Waals surface area contributed by atoms with Gasteiger partial charge in [0.1, 0.15) is 5.82 Å². The number of anilines is 1. The molecular formula is C15H23FN2O2. The summed E-state index contributed by atoms with van der Waals surface area (Å²) in [7, 11) is 0. The highest BCUT2D eigenvalue weighted by atomic mass is 19.1. The fraction of sp³-hybridized carbons (Fsp3) is 0.600. The van der Waals surface area contributed by atoms with Crippen LogP contribution in [0, 0.1) is 5.82 Å². The Morgan fingerprint density at radius 2 is 2.25 bits per heavy atom. The van der Waals surface area contributed by atoms with Gasteiger partial charge in [0, 0.05) is 19.1 Å². The molecule has 1 aliphatic heterocycles. The topological polar surface area (TPSA) is 58.7 Å². The number of aliphatic hydroxyl groups is 1. The molecule has 0 radical (unpaired) electrons. The van der Waals surface area contributed by atoms with Crippen LogP contribution in [0.1, 0.15) is 32.4 Å². The minimum Gasteiger partial charge on any atom is -0.394 e. The number of rotatable bonds is 3. The second-order valence-corrected chi connectivity index (χ2v) is 6.03. The van der Waals surface area contributed by atoms with Crippen molar-refractivity contribution in [3.05, 3.63) is 29.6 Å². The number of nitrogens with zero attached hydrogens (tertiary/aromatic N) is 1. The van der Waals surface area contributed by atoms with E-state index in [0.717, 1.165) is 5.56 Å². The fourth-order valence-electron chi connectivity index (χ4n) is 2.79. The van der Waals surface area contributed by atoms with Gasteiger partial charge >= 0.3 is 0 Å². The summed E-state index contributed by atoms with van der Waals surface area (Å²) in [5.41, 5.74) is 6.81. The molecule has 0 aromatic heterocycles. The Labute approximate surface area is 119 Å². The van der Waals surface area contributed by atoms with Gasteiger partial charge in [0.15, 0.2) is 0 Å². The second kappa shape index (κ2) is 5.68. The van der Waals surface area contributed by atoms with Crippen molar-refractivity contribution in [1.29, 1.82) is 0 Å². The third-order valence-electron chi connectivity index (χ3n) is 3.51. The van der Waals surface area contributed by atoms with Gasteiger partial charge < -0.3 is 20.5 Å². The molecule has 1 aromatic carbocycles. The summed E-state index contributed by atoms with van der Waals surface area (Å²) in [5, 5.41) is 9.37. The number of para-hydroxylation sites is 1. The lowest BCUT2D eigenvalue weighted by molar-refractivity contribution is -0.101. The molecule has 0 saturated carbocycles. The Morgan fingerprint density at radius 1 is 1.55 bits per heavy atom. The van der Waals surface area contributed by atoms with Gasteiger partial charge in [-0.3, -0.25) is 0 Å². The van der Waals surface area contributed by atoms with Crippen LogP contribution < -0.4 is 10.6 Å². The zero-order valence-electron chi connectivity index (χ0n) is 12.3. The molecule has 2 rings (SSSR count). The molecule has 4 nitrogen and oxygen atoms in total. The Hall–Kier alpha value is -1.17. The molecular weight excluding hydrogens is 259 g/mol. The summed E-state index contributed by atoms with van der Waals surface area (Å²) >= 11 is 0. The largest absolute Gasteiger partial charge is 0.394 e. The average molecular weight is 282 g/mol. The highest BCUT2D eigenvalue weighted by Gasteiger charge is 2.35. The lowest BCUT2D eigenvalue weighted by atomic mass is 10.0. The van der Waals surface area contributed by atoms with Crippen LogP contribution in [0.4, 0.5) is 10.1 Å². The Bertz CT molecular complexity index is 477. The number of aliphatic hydroxyl groups excluding tert-OH is 1. The lowest BCUT2D eigenvalue weighted by Gasteiger charge is -2.44. The first-order valence-corrected chi connectivity index (χ1v) is 6.91. The van der Waals surface area contributed by atoms with E-state index >= 15 is 0 Å². The van der Waals surface area contributed by atoms with Gasteiger partial charge in [-0.2, -0.15) is 0 Å². The predicted molar refractivity (Wildman–Crippen MR) is 77.3 cm³/mol. The molecule has 1 fully saturated rings. The molecule has 20 heavy (non-hydrogen) atoms. The Morgan fingerprint density at radius 3 is 2.85 bits per heavy atom. The monoisotopic (exact) mass is 282 g/mol. The molecule has 0 aliphatic carbocycles. The van der Waals surface area contributed by atoms with E-state index in [9.17, 15) is 9.50 Å². The number of benzene rings is 1. The van der Waals surface area contributed by atoms with Crippen LogP contribution in [0.15, 0.2) is 18.2 Å². The third-order valence-corrected chi connectivity index (χ3v) is 3.51. The minimum absolute atomic E-state index is 0.0815. The third kappa shape index (κ3) is 3.11. The van der Waals surface area contributed by atoms with Crippen molar-refractivity contribution in [1.82, 2.24) is 0 Å². The number of hydrogen-bond donors (Lipinski definition) is 2. The zero-order valence-corrected chi connectivity index (χ0v) is 12.3. The second-order valence-electron chi connectivity index (χ2n) is 6.03. The van der Waals surface area contributed by atoms with E-state index in [0.29, 0.717) is 18.8 Å². The van der Waals surface area contributed by atoms with Gasteiger partial charge in [0.05, 0.1) is 24.0 Å². The summed E-state index contributed by atoms with van der Waals surface area (Å²) in [6, 6.07) is 4.71. The van der Waals surface area contributed by atoms with Crippen molar-refractivity contribution in [3.8, 4) is 0 Å². The first kappa shape index (κ1) is 15.2. The van der Waals surface area contributed by atoms with E-state index in [-0.39, 0.29) is 24.6 Å². The number of ether oxygens (including phenoxy) is 1. The van der Waals surface area contributed by atoms with E-state index in [4.69, 9.17) is 10.5 Å². The zero-order chi connectivity index (χ0) is 14.9. The van der Waals surface area contributed by atoms with Gasteiger partial charge in [-0.05, 0) is 32.4 Å². The maximum atomic E-state index is 14.3. The van der Waals surface area contributed by atoms with Crippen LogP contribution in [0.25, 0.3) is 0 Å². The first-order chi connectivity index (χ1) is 9.34. The molecule has 0 bridgehead atoms. The number of morpholine rings is 1. The van der Waals surface area contributed by atoms with Crippen LogP contribution in [-0.2, 0) is 4.74 Å². The van der Waals surface area contributed by atoms with Crippen molar-refractivity contribution in [3.63, 3.8) is 0 Å². The van der Waals surface area contributed by atoms with Crippen molar-refractivity contribution < 1.29 is 14.2 Å². The van der Waals surface area contributed by atoms with Gasteiger partial charge in [0.25, 0.3) is 0 Å². The van der Waals surface area contributed by atoms with Crippen molar-refractivity contribution in [2.45, 2.75) is 38.5 Å². The van der Waals surface area contributed by atoms with Gasteiger partial charge in [-0.25, -0.2) is 4.39 Å². The summed E-state index contributed by atoms with van der Waals surface area (Å²) in [6.45, 7) is 6.66. The smallest absolute Gasteiger partial charge is 0.146 e. The quantitative estimate of drug-likeness (QED) is 0.888. The molecule has 3 N–H and O–H groups in total. The van der Waals surface area contributed by atoms with Gasteiger partial charge in [-0.15, -0.1) is 0 Å². The van der Waals surface area contributed by atoms with E-state index in [1.54, 1.807) is 6.07 Å². The van der Waals surface area contributed by atoms with Gasteiger partial charge in [-0.1, -0.05) is 12.1 Å². The normalized spacial score (nSPS) is 23.7. The van der Waals surface area contributed by atoms with Gasteiger partial charge in [0.2, 0.25) is 0 Å².